The maximum absolute atomic E-state index is 12.2. The average Bonchev–Trinajstić information content (AvgIpc) is 2.40. The molecule has 0 unspecified atom stereocenters. The molecule has 1 aliphatic rings. The minimum atomic E-state index is -0.000313. The molecule has 0 radical (unpaired) electrons. The van der Waals surface area contributed by atoms with Crippen LogP contribution in [-0.2, 0) is 4.79 Å². The number of anilines is 1. The number of amides is 1. The van der Waals surface area contributed by atoms with Crippen LogP contribution in [0.25, 0.3) is 0 Å². The Labute approximate surface area is 120 Å². The second kappa shape index (κ2) is 5.71. The molecule has 0 aromatic heterocycles. The number of nitrogens with two attached hydrogens (primary N) is 1. The summed E-state index contributed by atoms with van der Waals surface area (Å²) in [7, 11) is 2.09. The number of para-hydroxylation sites is 2. The third-order valence-electron chi connectivity index (χ3n) is 3.94. The van der Waals surface area contributed by atoms with Gasteiger partial charge in [-0.05, 0) is 33.0 Å². The summed E-state index contributed by atoms with van der Waals surface area (Å²) in [4.78, 5) is 16.3. The molecule has 1 fully saturated rings. The van der Waals surface area contributed by atoms with Gasteiger partial charge < -0.3 is 15.4 Å². The van der Waals surface area contributed by atoms with E-state index in [0.717, 1.165) is 19.6 Å². The van der Waals surface area contributed by atoms with Crippen molar-refractivity contribution >= 4 is 11.6 Å². The zero-order valence-electron chi connectivity index (χ0n) is 12.4. The number of carbonyl (C=O) groups is 1. The topological polar surface area (TPSA) is 58.8 Å². The Bertz CT molecular complexity index is 488. The van der Waals surface area contributed by atoms with Crippen LogP contribution in [0.1, 0.15) is 13.8 Å². The van der Waals surface area contributed by atoms with E-state index in [1.165, 1.54) is 0 Å². The molecule has 110 valence electrons. The summed E-state index contributed by atoms with van der Waals surface area (Å²) in [5.41, 5.74) is 6.34. The fraction of sp³-hybridized carbons (Fsp3) is 0.533. The predicted molar refractivity (Wildman–Crippen MR) is 79.6 cm³/mol. The molecule has 20 heavy (non-hydrogen) atoms. The number of carbonyl (C=O) groups excluding carboxylic acids is 1. The Hall–Kier alpha value is -1.75. The highest BCUT2D eigenvalue weighted by Crippen LogP contribution is 2.21. The first-order valence-corrected chi connectivity index (χ1v) is 6.86. The summed E-state index contributed by atoms with van der Waals surface area (Å²) in [6, 6.07) is 7.22. The van der Waals surface area contributed by atoms with Gasteiger partial charge in [-0.3, -0.25) is 9.69 Å². The molecule has 0 aliphatic carbocycles. The van der Waals surface area contributed by atoms with Gasteiger partial charge in [0.2, 0.25) is 0 Å². The summed E-state index contributed by atoms with van der Waals surface area (Å²) >= 11 is 0. The van der Waals surface area contributed by atoms with Crippen molar-refractivity contribution in [3.05, 3.63) is 24.3 Å². The van der Waals surface area contributed by atoms with Crippen molar-refractivity contribution in [2.24, 2.45) is 0 Å². The van der Waals surface area contributed by atoms with Gasteiger partial charge >= 0.3 is 0 Å². The number of nitrogens with zero attached hydrogens (tertiary/aromatic N) is 2. The van der Waals surface area contributed by atoms with E-state index in [9.17, 15) is 4.79 Å². The van der Waals surface area contributed by atoms with Crippen molar-refractivity contribution in [1.29, 1.82) is 0 Å². The zero-order chi connectivity index (χ0) is 14.8. The van der Waals surface area contributed by atoms with Crippen LogP contribution in [0.4, 0.5) is 5.69 Å². The highest BCUT2D eigenvalue weighted by molar-refractivity contribution is 5.78. The summed E-state index contributed by atoms with van der Waals surface area (Å²) in [6.07, 6.45) is 0. The van der Waals surface area contributed by atoms with E-state index in [4.69, 9.17) is 10.5 Å². The molecule has 5 nitrogen and oxygen atoms in total. The van der Waals surface area contributed by atoms with Gasteiger partial charge in [0.1, 0.15) is 5.75 Å². The number of rotatable bonds is 3. The zero-order valence-corrected chi connectivity index (χ0v) is 12.4. The van der Waals surface area contributed by atoms with Crippen LogP contribution in [0.3, 0.4) is 0 Å². The lowest BCUT2D eigenvalue weighted by atomic mass is 10.00. The molecule has 2 N–H and O–H groups in total. The van der Waals surface area contributed by atoms with Crippen LogP contribution in [0.5, 0.6) is 5.75 Å². The van der Waals surface area contributed by atoms with Gasteiger partial charge in [0.25, 0.3) is 5.91 Å². The van der Waals surface area contributed by atoms with Crippen LogP contribution in [0, 0.1) is 0 Å². The van der Waals surface area contributed by atoms with Crippen molar-refractivity contribution in [2.45, 2.75) is 19.4 Å². The quantitative estimate of drug-likeness (QED) is 0.843. The fourth-order valence-corrected chi connectivity index (χ4v) is 2.30. The van der Waals surface area contributed by atoms with E-state index in [-0.39, 0.29) is 18.1 Å². The monoisotopic (exact) mass is 277 g/mol. The van der Waals surface area contributed by atoms with Crippen molar-refractivity contribution in [3.8, 4) is 5.75 Å². The normalized spacial score (nSPS) is 18.9. The van der Waals surface area contributed by atoms with E-state index < -0.39 is 0 Å². The Morgan fingerprint density at radius 3 is 2.70 bits per heavy atom. The lowest BCUT2D eigenvalue weighted by molar-refractivity contribution is -0.137. The second-order valence-corrected chi connectivity index (χ2v) is 5.88. The van der Waals surface area contributed by atoms with E-state index in [2.05, 4.69) is 25.8 Å². The van der Waals surface area contributed by atoms with Crippen LogP contribution in [-0.4, -0.2) is 54.5 Å². The molecule has 1 aromatic carbocycles. The van der Waals surface area contributed by atoms with Gasteiger partial charge in [-0.15, -0.1) is 0 Å². The molecule has 1 aromatic rings. The number of benzene rings is 1. The van der Waals surface area contributed by atoms with Gasteiger partial charge in [0.15, 0.2) is 6.61 Å². The molecule has 1 heterocycles. The summed E-state index contributed by atoms with van der Waals surface area (Å²) < 4.78 is 5.52. The van der Waals surface area contributed by atoms with Crippen LogP contribution < -0.4 is 10.5 Å². The van der Waals surface area contributed by atoms with Gasteiger partial charge in [-0.2, -0.15) is 0 Å². The number of likely N-dealkylation sites (N-methyl/N-ethyl adjacent to an activating group) is 1. The van der Waals surface area contributed by atoms with Gasteiger partial charge in [0.05, 0.1) is 5.69 Å². The maximum atomic E-state index is 12.2. The number of piperazine rings is 1. The van der Waals surface area contributed by atoms with Crippen molar-refractivity contribution < 1.29 is 9.53 Å². The maximum Gasteiger partial charge on any atom is 0.260 e. The Morgan fingerprint density at radius 1 is 1.35 bits per heavy atom. The third-order valence-corrected chi connectivity index (χ3v) is 3.94. The minimum Gasteiger partial charge on any atom is -0.482 e. The van der Waals surface area contributed by atoms with Gasteiger partial charge in [0, 0.05) is 25.2 Å². The fourth-order valence-electron chi connectivity index (χ4n) is 2.30. The highest BCUT2D eigenvalue weighted by Gasteiger charge is 2.33. The molecule has 0 bridgehead atoms. The minimum absolute atomic E-state index is 0.000313. The molecular weight excluding hydrogens is 254 g/mol. The van der Waals surface area contributed by atoms with Crippen molar-refractivity contribution in [3.63, 3.8) is 0 Å². The summed E-state index contributed by atoms with van der Waals surface area (Å²) in [6.45, 7) is 6.66. The molecule has 0 atom stereocenters. The molecule has 0 saturated carbocycles. The van der Waals surface area contributed by atoms with Gasteiger partial charge in [-0.1, -0.05) is 12.1 Å². The molecule has 5 heteroatoms. The van der Waals surface area contributed by atoms with Crippen molar-refractivity contribution in [1.82, 2.24) is 9.80 Å². The van der Waals surface area contributed by atoms with Crippen LogP contribution in [0.15, 0.2) is 24.3 Å². The van der Waals surface area contributed by atoms with Crippen molar-refractivity contribution in [2.75, 3.05) is 39.0 Å². The molecule has 1 aliphatic heterocycles. The number of nitrogen functional groups attached to an aromatic ring is 1. The molecule has 1 amide bonds. The van der Waals surface area contributed by atoms with Gasteiger partial charge in [-0.25, -0.2) is 0 Å². The first-order chi connectivity index (χ1) is 9.40. The number of ether oxygens (including phenoxy) is 1. The number of hydrogen-bond acceptors (Lipinski definition) is 4. The first kappa shape index (κ1) is 14.7. The van der Waals surface area contributed by atoms with E-state index >= 15 is 0 Å². The first-order valence-electron chi connectivity index (χ1n) is 6.86. The third kappa shape index (κ3) is 3.22. The Morgan fingerprint density at radius 2 is 2.05 bits per heavy atom. The SMILES string of the molecule is CN1CCN(C(=O)COc2ccccc2N)CC1(C)C. The Kier molecular flexibility index (Phi) is 4.18. The molecule has 0 spiro atoms. The summed E-state index contributed by atoms with van der Waals surface area (Å²) in [5, 5.41) is 0. The average molecular weight is 277 g/mol. The number of hydrogen-bond donors (Lipinski definition) is 1. The standard InChI is InChI=1S/C15H23N3O2/c1-15(2)11-18(9-8-17(15)3)14(19)10-20-13-7-5-4-6-12(13)16/h4-7H,8-11,16H2,1-3H3. The lowest BCUT2D eigenvalue weighted by Gasteiger charge is -2.45. The summed E-state index contributed by atoms with van der Waals surface area (Å²) in [5.74, 6) is 0.573. The lowest BCUT2D eigenvalue weighted by Crippen LogP contribution is -2.59. The van der Waals surface area contributed by atoms with E-state index in [1.807, 2.05) is 17.0 Å². The molecule has 2 rings (SSSR count). The Balaban J connectivity index is 1.91. The second-order valence-electron chi connectivity index (χ2n) is 5.88. The predicted octanol–water partition coefficient (Wildman–Crippen LogP) is 1.20. The van der Waals surface area contributed by atoms with E-state index in [1.54, 1.807) is 12.1 Å². The van der Waals surface area contributed by atoms with Crippen LogP contribution in [0.2, 0.25) is 0 Å². The smallest absolute Gasteiger partial charge is 0.260 e. The molecule has 1 saturated heterocycles. The van der Waals surface area contributed by atoms with E-state index in [0.29, 0.717) is 11.4 Å². The highest BCUT2D eigenvalue weighted by atomic mass is 16.5. The van der Waals surface area contributed by atoms with Crippen LogP contribution >= 0.6 is 0 Å². The largest absolute Gasteiger partial charge is 0.482 e. The molecular formula is C15H23N3O2.